The summed E-state index contributed by atoms with van der Waals surface area (Å²) in [4.78, 5) is 9.46. The number of hydrogen-bond donors (Lipinski definition) is 2. The molecule has 0 amide bonds. The van der Waals surface area contributed by atoms with Gasteiger partial charge in [0, 0.05) is 12.4 Å². The highest BCUT2D eigenvalue weighted by atomic mass is 16.4. The Morgan fingerprint density at radius 3 is 2.43 bits per heavy atom. The Morgan fingerprint density at radius 2 is 2.43 bits per heavy atom. The maximum atomic E-state index is 9.46. The molecule has 0 unspecified atom stereocenters. The fourth-order valence-electron chi connectivity index (χ4n) is 0.171. The number of rotatable bonds is 2. The summed E-state index contributed by atoms with van der Waals surface area (Å²) in [5.74, 6) is -1.34. The fraction of sp³-hybridized carbons (Fsp3) is 0.667. The minimum Gasteiger partial charge on any atom is -0.550 e. The molecule has 0 aromatic carbocycles. The molecule has 0 aliphatic heterocycles. The standard InChI is InChI=1S/C3H7NO3/c4-2(5)1-3(6)7/h2,5H,1,4H2,(H,6,7)/p-1/t2-/m0/s1. The van der Waals surface area contributed by atoms with Crippen LogP contribution in [0.1, 0.15) is 6.42 Å². The van der Waals surface area contributed by atoms with Crippen molar-refractivity contribution in [3.8, 4) is 0 Å². The number of aliphatic carboxylic acids is 1. The van der Waals surface area contributed by atoms with Crippen LogP contribution in [-0.4, -0.2) is 17.3 Å². The summed E-state index contributed by atoms with van der Waals surface area (Å²) in [5, 5.41) is 17.5. The van der Waals surface area contributed by atoms with Crippen LogP contribution in [0.3, 0.4) is 0 Å². The van der Waals surface area contributed by atoms with Crippen molar-refractivity contribution in [2.45, 2.75) is 12.6 Å². The van der Waals surface area contributed by atoms with Crippen LogP contribution in [0.25, 0.3) is 0 Å². The van der Waals surface area contributed by atoms with Gasteiger partial charge in [0.25, 0.3) is 0 Å². The number of aliphatic hydroxyl groups excluding tert-OH is 1. The van der Waals surface area contributed by atoms with E-state index in [1.165, 1.54) is 0 Å². The Bertz CT molecular complexity index is 70.6. The molecule has 0 aromatic heterocycles. The Labute approximate surface area is 40.6 Å². The van der Waals surface area contributed by atoms with Crippen molar-refractivity contribution >= 4 is 5.97 Å². The molecule has 1 atom stereocenters. The lowest BCUT2D eigenvalue weighted by Crippen LogP contribution is -2.31. The zero-order valence-corrected chi connectivity index (χ0v) is 3.63. The van der Waals surface area contributed by atoms with Crippen molar-refractivity contribution < 1.29 is 15.0 Å². The van der Waals surface area contributed by atoms with E-state index in [0.717, 1.165) is 0 Å². The number of carboxylic acid groups (broad SMARTS) is 1. The first kappa shape index (κ1) is 6.39. The fourth-order valence-corrected chi connectivity index (χ4v) is 0.171. The highest BCUT2D eigenvalue weighted by Crippen LogP contribution is 1.75. The summed E-state index contributed by atoms with van der Waals surface area (Å²) in [6, 6.07) is 0. The Morgan fingerprint density at radius 1 is 2.00 bits per heavy atom. The predicted molar refractivity (Wildman–Crippen MR) is 19.8 cm³/mol. The monoisotopic (exact) mass is 104 g/mol. The third-order valence-electron chi connectivity index (χ3n) is 0.376. The number of carboxylic acids is 1. The van der Waals surface area contributed by atoms with Crippen LogP contribution in [0.4, 0.5) is 0 Å². The lowest BCUT2D eigenvalue weighted by molar-refractivity contribution is -0.307. The van der Waals surface area contributed by atoms with Gasteiger partial charge < -0.3 is 20.7 Å². The predicted octanol–water partition coefficient (Wildman–Crippen LogP) is -2.60. The van der Waals surface area contributed by atoms with Gasteiger partial charge in [0.1, 0.15) is 6.23 Å². The summed E-state index contributed by atoms with van der Waals surface area (Å²) in [5.41, 5.74) is 4.63. The molecular weight excluding hydrogens is 98.0 g/mol. The first-order valence-corrected chi connectivity index (χ1v) is 1.76. The van der Waals surface area contributed by atoms with E-state index in [2.05, 4.69) is 5.73 Å². The molecule has 0 aliphatic rings. The van der Waals surface area contributed by atoms with Gasteiger partial charge in [0.05, 0.1) is 0 Å². The molecule has 0 heterocycles. The van der Waals surface area contributed by atoms with Crippen molar-refractivity contribution in [1.82, 2.24) is 0 Å². The van der Waals surface area contributed by atoms with Gasteiger partial charge in [-0.3, -0.25) is 0 Å². The topological polar surface area (TPSA) is 86.4 Å². The SMILES string of the molecule is N[C@@H](O)CC(=O)[O-]. The summed E-state index contributed by atoms with van der Waals surface area (Å²) in [7, 11) is 0. The molecule has 42 valence electrons. The lowest BCUT2D eigenvalue weighted by atomic mass is 10.4. The van der Waals surface area contributed by atoms with Gasteiger partial charge in [-0.2, -0.15) is 0 Å². The zero-order valence-electron chi connectivity index (χ0n) is 3.63. The van der Waals surface area contributed by atoms with Crippen molar-refractivity contribution in [3.63, 3.8) is 0 Å². The molecule has 4 heteroatoms. The molecule has 0 rings (SSSR count). The van der Waals surface area contributed by atoms with Gasteiger partial charge in [-0.1, -0.05) is 0 Å². The summed E-state index contributed by atoms with van der Waals surface area (Å²) >= 11 is 0. The Hall–Kier alpha value is -0.610. The molecule has 0 spiro atoms. The van der Waals surface area contributed by atoms with E-state index in [9.17, 15) is 9.90 Å². The van der Waals surface area contributed by atoms with Crippen LogP contribution in [-0.2, 0) is 4.79 Å². The van der Waals surface area contributed by atoms with Crippen LogP contribution in [0.2, 0.25) is 0 Å². The molecule has 4 nitrogen and oxygen atoms in total. The van der Waals surface area contributed by atoms with E-state index in [-0.39, 0.29) is 0 Å². The molecular formula is C3H6NO3-. The van der Waals surface area contributed by atoms with Crippen LogP contribution in [0.5, 0.6) is 0 Å². The van der Waals surface area contributed by atoms with E-state index in [1.807, 2.05) is 0 Å². The van der Waals surface area contributed by atoms with E-state index in [1.54, 1.807) is 0 Å². The third-order valence-corrected chi connectivity index (χ3v) is 0.376. The highest BCUT2D eigenvalue weighted by molar-refractivity contribution is 5.64. The Balaban J connectivity index is 3.13. The first-order chi connectivity index (χ1) is 3.13. The molecule has 0 saturated heterocycles. The van der Waals surface area contributed by atoms with E-state index in [4.69, 9.17) is 5.11 Å². The zero-order chi connectivity index (χ0) is 5.86. The maximum absolute atomic E-state index is 9.46. The Kier molecular flexibility index (Phi) is 2.32. The number of hydrogen-bond acceptors (Lipinski definition) is 4. The minimum absolute atomic E-state index is 0.500. The molecule has 0 radical (unpaired) electrons. The van der Waals surface area contributed by atoms with Gasteiger partial charge in [0.15, 0.2) is 0 Å². The smallest absolute Gasteiger partial charge is 0.107 e. The highest BCUT2D eigenvalue weighted by Gasteiger charge is 1.91. The second-order valence-electron chi connectivity index (χ2n) is 1.14. The molecule has 0 fully saturated rings. The average molecular weight is 104 g/mol. The first-order valence-electron chi connectivity index (χ1n) is 1.76. The number of nitrogens with two attached hydrogens (primary N) is 1. The van der Waals surface area contributed by atoms with Crippen molar-refractivity contribution in [2.24, 2.45) is 5.73 Å². The second kappa shape index (κ2) is 2.54. The summed E-state index contributed by atoms with van der Waals surface area (Å²) in [6.45, 7) is 0. The van der Waals surface area contributed by atoms with Crippen LogP contribution in [0.15, 0.2) is 0 Å². The van der Waals surface area contributed by atoms with Gasteiger partial charge in [-0.15, -0.1) is 0 Å². The molecule has 0 saturated carbocycles. The van der Waals surface area contributed by atoms with Crippen molar-refractivity contribution in [2.75, 3.05) is 0 Å². The van der Waals surface area contributed by atoms with E-state index < -0.39 is 18.6 Å². The maximum Gasteiger partial charge on any atom is 0.107 e. The number of carbonyl (C=O) groups excluding carboxylic acids is 1. The van der Waals surface area contributed by atoms with E-state index in [0.29, 0.717) is 0 Å². The lowest BCUT2D eigenvalue weighted by Gasteiger charge is -2.01. The van der Waals surface area contributed by atoms with E-state index >= 15 is 0 Å². The molecule has 0 bridgehead atoms. The second-order valence-corrected chi connectivity index (χ2v) is 1.14. The van der Waals surface area contributed by atoms with Gasteiger partial charge in [-0.05, 0) is 0 Å². The van der Waals surface area contributed by atoms with Crippen LogP contribution >= 0.6 is 0 Å². The number of aliphatic hydroxyl groups is 1. The molecule has 0 aliphatic carbocycles. The van der Waals surface area contributed by atoms with Gasteiger partial charge in [-0.25, -0.2) is 0 Å². The van der Waals surface area contributed by atoms with Crippen LogP contribution in [0, 0.1) is 0 Å². The van der Waals surface area contributed by atoms with Crippen molar-refractivity contribution in [3.05, 3.63) is 0 Å². The van der Waals surface area contributed by atoms with Crippen LogP contribution < -0.4 is 10.8 Å². The average Bonchev–Trinajstić information content (AvgIpc) is 1.27. The largest absolute Gasteiger partial charge is 0.550 e. The molecule has 0 aromatic rings. The van der Waals surface area contributed by atoms with Gasteiger partial charge in [0.2, 0.25) is 0 Å². The van der Waals surface area contributed by atoms with Crippen molar-refractivity contribution in [1.29, 1.82) is 0 Å². The normalized spacial score (nSPS) is 13.4. The summed E-state index contributed by atoms with van der Waals surface area (Å²) in [6.07, 6.45) is -1.79. The summed E-state index contributed by atoms with van der Waals surface area (Å²) < 4.78 is 0. The molecule has 7 heavy (non-hydrogen) atoms. The molecule has 3 N–H and O–H groups in total. The minimum atomic E-state index is -1.34. The van der Waals surface area contributed by atoms with Gasteiger partial charge >= 0.3 is 0 Å². The quantitative estimate of drug-likeness (QED) is 0.376. The number of carbonyl (C=O) groups is 1. The third kappa shape index (κ3) is 5.39.